The molecule has 0 fully saturated rings. The first-order valence-electron chi connectivity index (χ1n) is 5.30. The Labute approximate surface area is 94.0 Å². The Bertz CT molecular complexity index is 368. The molecule has 3 N–H and O–H groups in total. The molecular weight excluding hydrogens is 208 g/mol. The molecule has 0 radical (unpaired) electrons. The summed E-state index contributed by atoms with van der Waals surface area (Å²) in [6.07, 6.45) is 3.35. The standard InChI is InChI=1S/C10H16N4O2/c1-2-3-4-7-12-9-6-5-8(14(15)16)10(11)13-9/h5-6H,2-4,7H2,1H3,(H3,11,12,13). The second-order valence-corrected chi connectivity index (χ2v) is 3.49. The van der Waals surface area contributed by atoms with Gasteiger partial charge in [0.15, 0.2) is 0 Å². The van der Waals surface area contributed by atoms with E-state index in [0.717, 1.165) is 25.8 Å². The number of nitrogen functional groups attached to an aromatic ring is 1. The monoisotopic (exact) mass is 224 g/mol. The second kappa shape index (κ2) is 5.89. The van der Waals surface area contributed by atoms with Crippen LogP contribution in [0.3, 0.4) is 0 Å². The predicted octanol–water partition coefficient (Wildman–Crippen LogP) is 2.17. The van der Waals surface area contributed by atoms with Gasteiger partial charge in [0.05, 0.1) is 4.92 Å². The number of rotatable bonds is 6. The van der Waals surface area contributed by atoms with Crippen LogP contribution >= 0.6 is 0 Å². The molecule has 1 aromatic heterocycles. The van der Waals surface area contributed by atoms with Gasteiger partial charge in [0.1, 0.15) is 5.82 Å². The minimum atomic E-state index is -0.538. The highest BCUT2D eigenvalue weighted by molar-refractivity contribution is 5.57. The van der Waals surface area contributed by atoms with Crippen LogP contribution in [0.2, 0.25) is 0 Å². The Morgan fingerprint density at radius 2 is 2.25 bits per heavy atom. The van der Waals surface area contributed by atoms with Crippen LogP contribution in [-0.2, 0) is 0 Å². The average Bonchev–Trinajstić information content (AvgIpc) is 2.24. The number of nitro groups is 1. The van der Waals surface area contributed by atoms with Gasteiger partial charge >= 0.3 is 5.69 Å². The zero-order valence-electron chi connectivity index (χ0n) is 9.27. The average molecular weight is 224 g/mol. The van der Waals surface area contributed by atoms with Crippen molar-refractivity contribution in [3.63, 3.8) is 0 Å². The third kappa shape index (κ3) is 3.38. The van der Waals surface area contributed by atoms with E-state index in [2.05, 4.69) is 17.2 Å². The molecule has 0 amide bonds. The minimum absolute atomic E-state index is 0.0505. The molecule has 1 heterocycles. The fourth-order valence-electron chi connectivity index (χ4n) is 1.31. The molecule has 0 bridgehead atoms. The van der Waals surface area contributed by atoms with Crippen molar-refractivity contribution >= 4 is 17.3 Å². The summed E-state index contributed by atoms with van der Waals surface area (Å²) in [6.45, 7) is 2.93. The van der Waals surface area contributed by atoms with Crippen LogP contribution in [0.1, 0.15) is 26.2 Å². The number of unbranched alkanes of at least 4 members (excludes halogenated alkanes) is 2. The number of hydrogen-bond acceptors (Lipinski definition) is 5. The first-order valence-corrected chi connectivity index (χ1v) is 5.30. The number of hydrogen-bond donors (Lipinski definition) is 2. The van der Waals surface area contributed by atoms with Gasteiger partial charge < -0.3 is 11.1 Å². The Balaban J connectivity index is 2.56. The first kappa shape index (κ1) is 12.2. The van der Waals surface area contributed by atoms with Gasteiger partial charge in [0.2, 0.25) is 5.82 Å². The molecule has 0 aromatic carbocycles. The fraction of sp³-hybridized carbons (Fsp3) is 0.500. The Morgan fingerprint density at radius 3 is 2.81 bits per heavy atom. The summed E-state index contributed by atoms with van der Waals surface area (Å²) >= 11 is 0. The van der Waals surface area contributed by atoms with E-state index >= 15 is 0 Å². The topological polar surface area (TPSA) is 94.1 Å². The van der Waals surface area contributed by atoms with E-state index in [4.69, 9.17) is 5.73 Å². The quantitative estimate of drug-likeness (QED) is 0.438. The van der Waals surface area contributed by atoms with E-state index in [0.29, 0.717) is 5.82 Å². The number of anilines is 2. The van der Waals surface area contributed by atoms with Gasteiger partial charge in [-0.15, -0.1) is 0 Å². The molecule has 0 aliphatic rings. The summed E-state index contributed by atoms with van der Waals surface area (Å²) in [5, 5.41) is 13.6. The predicted molar refractivity (Wildman–Crippen MR) is 63.3 cm³/mol. The molecule has 0 atom stereocenters. The molecule has 0 spiro atoms. The van der Waals surface area contributed by atoms with Gasteiger partial charge in [-0.05, 0) is 12.5 Å². The van der Waals surface area contributed by atoms with Crippen LogP contribution in [-0.4, -0.2) is 16.5 Å². The van der Waals surface area contributed by atoms with Crippen LogP contribution in [0.15, 0.2) is 12.1 Å². The Hall–Kier alpha value is -1.85. The summed E-state index contributed by atoms with van der Waals surface area (Å²) < 4.78 is 0. The van der Waals surface area contributed by atoms with Gasteiger partial charge in [-0.2, -0.15) is 0 Å². The molecule has 1 aromatic rings. The van der Waals surface area contributed by atoms with Crippen molar-refractivity contribution in [2.24, 2.45) is 0 Å². The van der Waals surface area contributed by atoms with Crippen molar-refractivity contribution in [1.82, 2.24) is 4.98 Å². The van der Waals surface area contributed by atoms with E-state index in [1.54, 1.807) is 6.07 Å². The lowest BCUT2D eigenvalue weighted by Gasteiger charge is -2.05. The normalized spacial score (nSPS) is 10.1. The fourth-order valence-corrected chi connectivity index (χ4v) is 1.31. The molecule has 0 saturated carbocycles. The molecule has 0 aliphatic carbocycles. The highest BCUT2D eigenvalue weighted by Crippen LogP contribution is 2.20. The zero-order valence-corrected chi connectivity index (χ0v) is 9.27. The third-order valence-electron chi connectivity index (χ3n) is 2.19. The maximum absolute atomic E-state index is 10.5. The lowest BCUT2D eigenvalue weighted by Crippen LogP contribution is -2.06. The lowest BCUT2D eigenvalue weighted by molar-refractivity contribution is -0.384. The van der Waals surface area contributed by atoms with Crippen molar-refractivity contribution in [3.8, 4) is 0 Å². The van der Waals surface area contributed by atoms with Crippen molar-refractivity contribution in [2.75, 3.05) is 17.6 Å². The van der Waals surface area contributed by atoms with Gasteiger partial charge in [0.25, 0.3) is 0 Å². The summed E-state index contributed by atoms with van der Waals surface area (Å²) in [5.41, 5.74) is 5.31. The number of nitrogens with one attached hydrogen (secondary N) is 1. The smallest absolute Gasteiger partial charge is 0.311 e. The van der Waals surface area contributed by atoms with Crippen molar-refractivity contribution in [3.05, 3.63) is 22.2 Å². The molecule has 1 rings (SSSR count). The van der Waals surface area contributed by atoms with Crippen LogP contribution in [0, 0.1) is 10.1 Å². The first-order chi connectivity index (χ1) is 7.65. The second-order valence-electron chi connectivity index (χ2n) is 3.49. The van der Waals surface area contributed by atoms with Gasteiger partial charge in [-0.3, -0.25) is 10.1 Å². The van der Waals surface area contributed by atoms with Crippen LogP contribution in [0.25, 0.3) is 0 Å². The summed E-state index contributed by atoms with van der Waals surface area (Å²) in [6, 6.07) is 2.94. The van der Waals surface area contributed by atoms with E-state index in [9.17, 15) is 10.1 Å². The van der Waals surface area contributed by atoms with Crippen molar-refractivity contribution in [1.29, 1.82) is 0 Å². The zero-order chi connectivity index (χ0) is 12.0. The molecule has 6 nitrogen and oxygen atoms in total. The van der Waals surface area contributed by atoms with Crippen molar-refractivity contribution in [2.45, 2.75) is 26.2 Å². The highest BCUT2D eigenvalue weighted by Gasteiger charge is 2.12. The maximum atomic E-state index is 10.5. The van der Waals surface area contributed by atoms with E-state index in [-0.39, 0.29) is 11.5 Å². The van der Waals surface area contributed by atoms with Crippen LogP contribution in [0.5, 0.6) is 0 Å². The summed E-state index contributed by atoms with van der Waals surface area (Å²) in [4.78, 5) is 13.9. The summed E-state index contributed by atoms with van der Waals surface area (Å²) in [7, 11) is 0. The molecule has 6 heteroatoms. The largest absolute Gasteiger partial charge is 0.378 e. The molecular formula is C10H16N4O2. The van der Waals surface area contributed by atoms with Crippen molar-refractivity contribution < 1.29 is 4.92 Å². The molecule has 0 aliphatic heterocycles. The van der Waals surface area contributed by atoms with Gasteiger partial charge in [0, 0.05) is 12.6 Å². The molecule has 16 heavy (non-hydrogen) atoms. The van der Waals surface area contributed by atoms with Gasteiger partial charge in [-0.1, -0.05) is 19.8 Å². The lowest BCUT2D eigenvalue weighted by atomic mass is 10.2. The van der Waals surface area contributed by atoms with E-state index in [1.807, 2.05) is 0 Å². The SMILES string of the molecule is CCCCCNc1ccc([N+](=O)[O-])c(N)n1. The summed E-state index contributed by atoms with van der Waals surface area (Å²) in [5.74, 6) is 0.532. The Morgan fingerprint density at radius 1 is 1.50 bits per heavy atom. The minimum Gasteiger partial charge on any atom is -0.378 e. The highest BCUT2D eigenvalue weighted by atomic mass is 16.6. The van der Waals surface area contributed by atoms with Crippen LogP contribution in [0.4, 0.5) is 17.3 Å². The van der Waals surface area contributed by atoms with Crippen LogP contribution < -0.4 is 11.1 Å². The number of aromatic nitrogens is 1. The number of nitrogens with two attached hydrogens (primary N) is 1. The van der Waals surface area contributed by atoms with E-state index in [1.165, 1.54) is 6.07 Å². The van der Waals surface area contributed by atoms with Gasteiger partial charge in [-0.25, -0.2) is 4.98 Å². The molecule has 88 valence electrons. The molecule has 0 unspecified atom stereocenters. The number of pyridine rings is 1. The van der Waals surface area contributed by atoms with E-state index < -0.39 is 4.92 Å². The number of nitrogens with zero attached hydrogens (tertiary/aromatic N) is 2. The third-order valence-corrected chi connectivity index (χ3v) is 2.19. The Kier molecular flexibility index (Phi) is 4.50. The maximum Gasteiger partial charge on any atom is 0.311 e. The molecule has 0 saturated heterocycles.